The number of carbonyl (C=O) groups excluding carboxylic acids is 1. The number of para-hydroxylation sites is 1. The summed E-state index contributed by atoms with van der Waals surface area (Å²) < 4.78 is 0. The highest BCUT2D eigenvalue weighted by Crippen LogP contribution is 2.23. The molecule has 30 heavy (non-hydrogen) atoms. The number of anilines is 1. The maximum atomic E-state index is 12.9. The van der Waals surface area contributed by atoms with Crippen LogP contribution in [0.25, 0.3) is 21.7 Å². The standard InChI is InChI=1S/C24H25N5O/c25-22(14-19-16-27-23-4-2-1-3-21(19)23)24(30)29-11-9-28(10-12-29)20-6-5-18-15-26-8-7-17(18)13-20/h1-8,13,15-16,22,27H,9-12,14,25H2/t22-/m1/s1. The molecular formula is C24H25N5O. The maximum Gasteiger partial charge on any atom is 0.239 e. The Labute approximate surface area is 175 Å². The highest BCUT2D eigenvalue weighted by atomic mass is 16.2. The minimum absolute atomic E-state index is 0.0320. The van der Waals surface area contributed by atoms with E-state index in [9.17, 15) is 4.79 Å². The number of hydrogen-bond acceptors (Lipinski definition) is 4. The SMILES string of the molecule is N[C@H](Cc1c[nH]c2ccccc12)C(=O)N1CCN(c2ccc3cnccc3c2)CC1. The molecule has 2 aromatic carbocycles. The smallest absolute Gasteiger partial charge is 0.239 e. The second kappa shape index (κ2) is 7.80. The Morgan fingerprint density at radius 3 is 2.77 bits per heavy atom. The summed E-state index contributed by atoms with van der Waals surface area (Å²) in [4.78, 5) is 24.6. The van der Waals surface area contributed by atoms with E-state index in [1.54, 1.807) is 0 Å². The van der Waals surface area contributed by atoms with Gasteiger partial charge in [-0.15, -0.1) is 0 Å². The number of aromatic nitrogens is 2. The lowest BCUT2D eigenvalue weighted by Crippen LogP contribution is -2.53. The van der Waals surface area contributed by atoms with Crippen molar-refractivity contribution in [3.05, 3.63) is 72.7 Å². The second-order valence-electron chi connectivity index (χ2n) is 7.89. The predicted molar refractivity (Wildman–Crippen MR) is 121 cm³/mol. The third-order valence-corrected chi connectivity index (χ3v) is 6.01. The van der Waals surface area contributed by atoms with Gasteiger partial charge in [0.2, 0.25) is 5.91 Å². The molecule has 0 aliphatic carbocycles. The van der Waals surface area contributed by atoms with Crippen molar-refractivity contribution in [2.45, 2.75) is 12.5 Å². The van der Waals surface area contributed by atoms with Crippen LogP contribution in [0, 0.1) is 0 Å². The first-order valence-electron chi connectivity index (χ1n) is 10.4. The molecule has 152 valence electrons. The van der Waals surface area contributed by atoms with Gasteiger partial charge in [0, 0.05) is 66.7 Å². The molecule has 6 heteroatoms. The van der Waals surface area contributed by atoms with Crippen molar-refractivity contribution in [3.8, 4) is 0 Å². The summed E-state index contributed by atoms with van der Waals surface area (Å²) in [6.45, 7) is 2.99. The first-order chi connectivity index (χ1) is 14.7. The first kappa shape index (κ1) is 18.6. The van der Waals surface area contributed by atoms with Crippen LogP contribution in [0.4, 0.5) is 5.69 Å². The molecule has 0 saturated carbocycles. The average Bonchev–Trinajstić information content (AvgIpc) is 3.21. The number of nitrogens with one attached hydrogen (secondary N) is 1. The van der Waals surface area contributed by atoms with Crippen LogP contribution in [-0.4, -0.2) is 53.0 Å². The lowest BCUT2D eigenvalue weighted by atomic mass is 10.0. The molecule has 6 nitrogen and oxygen atoms in total. The van der Waals surface area contributed by atoms with Crippen molar-refractivity contribution >= 4 is 33.3 Å². The summed E-state index contributed by atoms with van der Waals surface area (Å²) in [6.07, 6.45) is 6.20. The van der Waals surface area contributed by atoms with Gasteiger partial charge >= 0.3 is 0 Å². The number of nitrogens with two attached hydrogens (primary N) is 1. The number of aromatic amines is 1. The van der Waals surface area contributed by atoms with Crippen LogP contribution in [0.3, 0.4) is 0 Å². The molecule has 0 unspecified atom stereocenters. The van der Waals surface area contributed by atoms with Crippen LogP contribution in [0.1, 0.15) is 5.56 Å². The van der Waals surface area contributed by atoms with Crippen LogP contribution < -0.4 is 10.6 Å². The summed E-state index contributed by atoms with van der Waals surface area (Å²) in [7, 11) is 0. The third kappa shape index (κ3) is 3.50. The number of rotatable bonds is 4. The van der Waals surface area contributed by atoms with Gasteiger partial charge in [0.05, 0.1) is 6.04 Å². The van der Waals surface area contributed by atoms with E-state index in [1.165, 1.54) is 11.1 Å². The van der Waals surface area contributed by atoms with Gasteiger partial charge < -0.3 is 20.5 Å². The van der Waals surface area contributed by atoms with Gasteiger partial charge in [-0.3, -0.25) is 9.78 Å². The predicted octanol–water partition coefficient (Wildman–Crippen LogP) is 2.93. The molecule has 1 aliphatic rings. The van der Waals surface area contributed by atoms with E-state index < -0.39 is 6.04 Å². The molecule has 1 atom stereocenters. The molecule has 5 rings (SSSR count). The van der Waals surface area contributed by atoms with Crippen molar-refractivity contribution in [1.82, 2.24) is 14.9 Å². The lowest BCUT2D eigenvalue weighted by Gasteiger charge is -2.37. The summed E-state index contributed by atoms with van der Waals surface area (Å²) in [6, 6.07) is 16.0. The minimum Gasteiger partial charge on any atom is -0.368 e. The Hall–Kier alpha value is -3.38. The number of pyridine rings is 1. The molecule has 4 aromatic rings. The van der Waals surface area contributed by atoms with Crippen molar-refractivity contribution in [3.63, 3.8) is 0 Å². The van der Waals surface area contributed by atoms with Gasteiger partial charge in [-0.25, -0.2) is 0 Å². The van der Waals surface area contributed by atoms with E-state index in [1.807, 2.05) is 47.8 Å². The van der Waals surface area contributed by atoms with E-state index in [4.69, 9.17) is 5.73 Å². The van der Waals surface area contributed by atoms with Gasteiger partial charge in [-0.2, -0.15) is 0 Å². The second-order valence-corrected chi connectivity index (χ2v) is 7.89. The van der Waals surface area contributed by atoms with E-state index >= 15 is 0 Å². The molecule has 1 amide bonds. The molecule has 3 N–H and O–H groups in total. The zero-order chi connectivity index (χ0) is 20.5. The average molecular weight is 399 g/mol. The monoisotopic (exact) mass is 399 g/mol. The van der Waals surface area contributed by atoms with Gasteiger partial charge in [0.15, 0.2) is 0 Å². The highest BCUT2D eigenvalue weighted by molar-refractivity contribution is 5.87. The van der Waals surface area contributed by atoms with Crippen LogP contribution >= 0.6 is 0 Å². The quantitative estimate of drug-likeness (QED) is 0.553. The van der Waals surface area contributed by atoms with E-state index in [0.717, 1.165) is 34.9 Å². The third-order valence-electron chi connectivity index (χ3n) is 6.01. The van der Waals surface area contributed by atoms with Crippen molar-refractivity contribution in [2.24, 2.45) is 5.73 Å². The summed E-state index contributed by atoms with van der Waals surface area (Å²) in [5.74, 6) is 0.0320. The molecule has 1 fully saturated rings. The molecule has 0 spiro atoms. The number of hydrogen-bond donors (Lipinski definition) is 2. The fourth-order valence-corrected chi connectivity index (χ4v) is 4.31. The largest absolute Gasteiger partial charge is 0.368 e. The number of benzene rings is 2. The first-order valence-corrected chi connectivity index (χ1v) is 10.4. The molecular weight excluding hydrogens is 374 g/mol. The lowest BCUT2D eigenvalue weighted by molar-refractivity contribution is -0.132. The highest BCUT2D eigenvalue weighted by Gasteiger charge is 2.26. The van der Waals surface area contributed by atoms with Crippen LogP contribution in [0.15, 0.2) is 67.1 Å². The number of carbonyl (C=O) groups is 1. The Kier molecular flexibility index (Phi) is 4.85. The van der Waals surface area contributed by atoms with Crippen LogP contribution in [0.5, 0.6) is 0 Å². The normalized spacial score (nSPS) is 15.6. The Morgan fingerprint density at radius 1 is 1.07 bits per heavy atom. The molecule has 1 aliphatic heterocycles. The van der Waals surface area contributed by atoms with E-state index in [0.29, 0.717) is 19.5 Å². The molecule has 0 bridgehead atoms. The summed E-state index contributed by atoms with van der Waals surface area (Å²) in [5, 5.41) is 3.46. The van der Waals surface area contributed by atoms with Crippen LogP contribution in [-0.2, 0) is 11.2 Å². The van der Waals surface area contributed by atoms with Crippen LogP contribution in [0.2, 0.25) is 0 Å². The zero-order valence-electron chi connectivity index (χ0n) is 16.8. The maximum absolute atomic E-state index is 12.9. The molecule has 1 saturated heterocycles. The van der Waals surface area contributed by atoms with Gasteiger partial charge in [0.25, 0.3) is 0 Å². The number of H-pyrrole nitrogens is 1. The fourth-order valence-electron chi connectivity index (χ4n) is 4.31. The molecule has 3 heterocycles. The van der Waals surface area contributed by atoms with E-state index in [-0.39, 0.29) is 5.91 Å². The Morgan fingerprint density at radius 2 is 1.90 bits per heavy atom. The number of amides is 1. The fraction of sp³-hybridized carbons (Fsp3) is 0.250. The summed E-state index contributed by atoms with van der Waals surface area (Å²) >= 11 is 0. The number of fused-ring (bicyclic) bond motifs is 2. The van der Waals surface area contributed by atoms with Crippen molar-refractivity contribution in [2.75, 3.05) is 31.1 Å². The van der Waals surface area contributed by atoms with Gasteiger partial charge in [0.1, 0.15) is 0 Å². The Bertz CT molecular complexity index is 1190. The minimum atomic E-state index is -0.524. The van der Waals surface area contributed by atoms with Crippen molar-refractivity contribution < 1.29 is 4.79 Å². The zero-order valence-corrected chi connectivity index (χ0v) is 16.8. The number of nitrogens with zero attached hydrogens (tertiary/aromatic N) is 3. The van der Waals surface area contributed by atoms with Crippen molar-refractivity contribution in [1.29, 1.82) is 0 Å². The van der Waals surface area contributed by atoms with E-state index in [2.05, 4.69) is 39.1 Å². The molecule has 0 radical (unpaired) electrons. The van der Waals surface area contributed by atoms with Gasteiger partial charge in [-0.05, 0) is 41.6 Å². The Balaban J connectivity index is 1.22. The topological polar surface area (TPSA) is 78.2 Å². The number of piperazine rings is 1. The summed E-state index contributed by atoms with van der Waals surface area (Å²) in [5.41, 5.74) is 9.67. The van der Waals surface area contributed by atoms with Gasteiger partial charge in [-0.1, -0.05) is 24.3 Å². The molecule has 2 aromatic heterocycles.